The number of carbonyl (C=O) groups is 2. The number of nitrogens with one attached hydrogen (secondary N) is 1. The van der Waals surface area contributed by atoms with Gasteiger partial charge in [-0.2, -0.15) is 0 Å². The van der Waals surface area contributed by atoms with Crippen molar-refractivity contribution in [3.63, 3.8) is 0 Å². The van der Waals surface area contributed by atoms with E-state index in [0.717, 1.165) is 0 Å². The van der Waals surface area contributed by atoms with Crippen LogP contribution in [0.4, 0.5) is 0 Å². The van der Waals surface area contributed by atoms with Gasteiger partial charge in [-0.3, -0.25) is 9.59 Å². The van der Waals surface area contributed by atoms with Gasteiger partial charge in [0.25, 0.3) is 0 Å². The van der Waals surface area contributed by atoms with Crippen LogP contribution in [0.15, 0.2) is 0 Å². The zero-order valence-electron chi connectivity index (χ0n) is 10.4. The summed E-state index contributed by atoms with van der Waals surface area (Å²) in [5, 5.41) is 2.13. The van der Waals surface area contributed by atoms with Crippen molar-refractivity contribution in [1.29, 1.82) is 0 Å². The Hall–Kier alpha value is -1.11. The second-order valence-electron chi connectivity index (χ2n) is 4.95. The van der Waals surface area contributed by atoms with Gasteiger partial charge in [0, 0.05) is 19.5 Å². The van der Waals surface area contributed by atoms with Crippen molar-refractivity contribution < 1.29 is 18.0 Å². The number of nitrogens with zero attached hydrogens (tertiary/aromatic N) is 1. The topological polar surface area (TPSA) is 83.6 Å². The molecule has 7 heteroatoms. The van der Waals surface area contributed by atoms with Crippen molar-refractivity contribution in [3.05, 3.63) is 0 Å². The van der Waals surface area contributed by atoms with Crippen LogP contribution in [0.25, 0.3) is 0 Å². The summed E-state index contributed by atoms with van der Waals surface area (Å²) in [5.74, 6) is -0.137. The Labute approximate surface area is 107 Å². The van der Waals surface area contributed by atoms with E-state index in [9.17, 15) is 18.0 Å². The predicted octanol–water partition coefficient (Wildman–Crippen LogP) is -0.699. The van der Waals surface area contributed by atoms with Gasteiger partial charge in [0.1, 0.15) is 6.04 Å². The monoisotopic (exact) mass is 274 g/mol. The maximum atomic E-state index is 12.0. The molecule has 0 aromatic heterocycles. The van der Waals surface area contributed by atoms with Crippen LogP contribution in [-0.4, -0.2) is 55.3 Å². The largest absolute Gasteiger partial charge is 0.345 e. The average Bonchev–Trinajstić information content (AvgIpc) is 2.56. The van der Waals surface area contributed by atoms with E-state index in [4.69, 9.17) is 0 Å². The molecule has 2 unspecified atom stereocenters. The van der Waals surface area contributed by atoms with E-state index in [1.54, 1.807) is 6.92 Å². The lowest BCUT2D eigenvalue weighted by Crippen LogP contribution is -2.45. The van der Waals surface area contributed by atoms with Crippen LogP contribution in [0.5, 0.6) is 0 Å². The van der Waals surface area contributed by atoms with Gasteiger partial charge in [-0.05, 0) is 19.8 Å². The zero-order valence-corrected chi connectivity index (χ0v) is 11.2. The van der Waals surface area contributed by atoms with Crippen LogP contribution < -0.4 is 5.32 Å². The van der Waals surface area contributed by atoms with Gasteiger partial charge in [-0.25, -0.2) is 8.42 Å². The molecule has 0 aliphatic carbocycles. The highest BCUT2D eigenvalue weighted by molar-refractivity contribution is 7.92. The Balaban J connectivity index is 2.08. The minimum Gasteiger partial charge on any atom is -0.345 e. The van der Waals surface area contributed by atoms with Gasteiger partial charge in [0.05, 0.1) is 11.0 Å². The van der Waals surface area contributed by atoms with Crippen LogP contribution in [0.2, 0.25) is 0 Å². The van der Waals surface area contributed by atoms with Gasteiger partial charge in [-0.15, -0.1) is 0 Å². The molecule has 2 saturated heterocycles. The fourth-order valence-corrected chi connectivity index (χ4v) is 4.32. The fraction of sp³-hybridized carbons (Fsp3) is 0.818. The molecule has 0 aromatic carbocycles. The summed E-state index contributed by atoms with van der Waals surface area (Å²) < 4.78 is 23.5. The first-order valence-corrected chi connectivity index (χ1v) is 7.91. The van der Waals surface area contributed by atoms with Crippen molar-refractivity contribution >= 4 is 21.7 Å². The number of carbonyl (C=O) groups excluding carboxylic acids is 2. The molecule has 2 amide bonds. The quantitative estimate of drug-likeness (QED) is 0.722. The molecule has 102 valence electrons. The van der Waals surface area contributed by atoms with E-state index in [2.05, 4.69) is 5.32 Å². The number of sulfone groups is 1. The zero-order chi connectivity index (χ0) is 13.3. The molecule has 2 rings (SSSR count). The Morgan fingerprint density at radius 2 is 2.11 bits per heavy atom. The maximum absolute atomic E-state index is 12.0. The van der Waals surface area contributed by atoms with Crippen LogP contribution in [-0.2, 0) is 19.4 Å². The molecule has 0 aromatic rings. The lowest BCUT2D eigenvalue weighted by Gasteiger charge is -2.24. The molecule has 18 heavy (non-hydrogen) atoms. The fourth-order valence-electron chi connectivity index (χ4n) is 2.49. The highest BCUT2D eigenvalue weighted by atomic mass is 32.2. The molecule has 2 heterocycles. The Kier molecular flexibility index (Phi) is 3.61. The lowest BCUT2D eigenvalue weighted by atomic mass is 10.2. The first-order valence-electron chi connectivity index (χ1n) is 6.20. The molecule has 2 fully saturated rings. The van der Waals surface area contributed by atoms with E-state index < -0.39 is 21.1 Å². The van der Waals surface area contributed by atoms with Gasteiger partial charge in [0.2, 0.25) is 11.8 Å². The first-order chi connectivity index (χ1) is 8.40. The molecule has 6 nitrogen and oxygen atoms in total. The van der Waals surface area contributed by atoms with E-state index in [1.807, 2.05) is 0 Å². The lowest BCUT2D eigenvalue weighted by molar-refractivity contribution is -0.133. The molecule has 2 aliphatic heterocycles. The molecule has 0 saturated carbocycles. The summed E-state index contributed by atoms with van der Waals surface area (Å²) in [4.78, 5) is 24.9. The molecular weight excluding hydrogens is 256 g/mol. The SMILES string of the molecule is CC1NC(=O)CCN(CC2CCCS2(=O)=O)C1=O. The minimum absolute atomic E-state index is 0.160. The summed E-state index contributed by atoms with van der Waals surface area (Å²) >= 11 is 0. The smallest absolute Gasteiger partial charge is 0.244 e. The third-order valence-electron chi connectivity index (χ3n) is 3.56. The Morgan fingerprint density at radius 1 is 1.39 bits per heavy atom. The highest BCUT2D eigenvalue weighted by Crippen LogP contribution is 2.21. The van der Waals surface area contributed by atoms with E-state index in [1.165, 1.54) is 4.90 Å². The Bertz CT molecular complexity index is 460. The molecule has 0 spiro atoms. The normalized spacial score (nSPS) is 32.2. The van der Waals surface area contributed by atoms with Gasteiger partial charge in [-0.1, -0.05) is 0 Å². The van der Waals surface area contributed by atoms with Crippen LogP contribution >= 0.6 is 0 Å². The van der Waals surface area contributed by atoms with Crippen molar-refractivity contribution in [2.75, 3.05) is 18.8 Å². The molecule has 0 radical (unpaired) electrons. The van der Waals surface area contributed by atoms with Crippen LogP contribution in [0.3, 0.4) is 0 Å². The third-order valence-corrected chi connectivity index (χ3v) is 5.81. The van der Waals surface area contributed by atoms with Gasteiger partial charge >= 0.3 is 0 Å². The summed E-state index contributed by atoms with van der Waals surface area (Å²) in [6.07, 6.45) is 1.52. The van der Waals surface area contributed by atoms with E-state index >= 15 is 0 Å². The predicted molar refractivity (Wildman–Crippen MR) is 65.6 cm³/mol. The van der Waals surface area contributed by atoms with E-state index in [-0.39, 0.29) is 30.5 Å². The summed E-state index contributed by atoms with van der Waals surface area (Å²) in [6.45, 7) is 2.16. The van der Waals surface area contributed by atoms with Crippen LogP contribution in [0, 0.1) is 0 Å². The molecule has 1 N–H and O–H groups in total. The first kappa shape index (κ1) is 13.3. The Morgan fingerprint density at radius 3 is 2.72 bits per heavy atom. The number of amides is 2. The van der Waals surface area contributed by atoms with Crippen molar-refractivity contribution in [1.82, 2.24) is 10.2 Å². The summed E-state index contributed by atoms with van der Waals surface area (Å²) in [6, 6.07) is -0.566. The second-order valence-corrected chi connectivity index (χ2v) is 7.36. The number of hydrogen-bond acceptors (Lipinski definition) is 4. The maximum Gasteiger partial charge on any atom is 0.244 e. The van der Waals surface area contributed by atoms with Crippen molar-refractivity contribution in [2.24, 2.45) is 0 Å². The number of rotatable bonds is 2. The van der Waals surface area contributed by atoms with Gasteiger partial charge < -0.3 is 10.2 Å². The highest BCUT2D eigenvalue weighted by Gasteiger charge is 2.35. The average molecular weight is 274 g/mol. The second kappa shape index (κ2) is 4.87. The van der Waals surface area contributed by atoms with Crippen molar-refractivity contribution in [2.45, 2.75) is 37.5 Å². The van der Waals surface area contributed by atoms with Gasteiger partial charge in [0.15, 0.2) is 9.84 Å². The minimum atomic E-state index is -3.05. The summed E-state index contributed by atoms with van der Waals surface area (Å²) in [5.41, 5.74) is 0. The third kappa shape index (κ3) is 2.66. The van der Waals surface area contributed by atoms with E-state index in [0.29, 0.717) is 19.4 Å². The van der Waals surface area contributed by atoms with Crippen molar-refractivity contribution in [3.8, 4) is 0 Å². The molecular formula is C11H18N2O4S. The standard InChI is InChI=1S/C11H18N2O4S/c1-8-11(15)13(5-4-10(14)12-8)7-9-3-2-6-18(9,16)17/h8-9H,2-7H2,1H3,(H,12,14). The van der Waals surface area contributed by atoms with Crippen LogP contribution in [0.1, 0.15) is 26.2 Å². The summed E-state index contributed by atoms with van der Waals surface area (Å²) in [7, 11) is -3.05. The molecule has 2 aliphatic rings. The molecule has 2 atom stereocenters. The number of hydrogen-bond donors (Lipinski definition) is 1. The molecule has 0 bridgehead atoms.